The number of benzene rings is 3. The number of hydrogen-bond donors (Lipinski definition) is 1. The summed E-state index contributed by atoms with van der Waals surface area (Å²) in [5, 5.41) is 9.82. The summed E-state index contributed by atoms with van der Waals surface area (Å²) in [5.74, 6) is 0.193. The van der Waals surface area contributed by atoms with Gasteiger partial charge in [-0.1, -0.05) is 23.7 Å². The Morgan fingerprint density at radius 3 is 2.35 bits per heavy atom. The van der Waals surface area contributed by atoms with Gasteiger partial charge in [-0.2, -0.15) is 0 Å². The van der Waals surface area contributed by atoms with E-state index in [1.165, 1.54) is 26.4 Å². The number of methoxy groups -OCH3 is 2. The molecule has 0 aliphatic heterocycles. The van der Waals surface area contributed by atoms with Crippen molar-refractivity contribution in [3.05, 3.63) is 86.5 Å². The van der Waals surface area contributed by atoms with Crippen LogP contribution in [0.25, 0.3) is 22.3 Å². The molecule has 0 saturated carbocycles. The largest absolute Gasteiger partial charge is 0.493 e. The summed E-state index contributed by atoms with van der Waals surface area (Å²) < 4.78 is 22.8. The maximum absolute atomic E-state index is 13.5. The highest BCUT2D eigenvalue weighted by Crippen LogP contribution is 2.37. The van der Waals surface area contributed by atoms with Gasteiger partial charge in [0.15, 0.2) is 17.3 Å². The van der Waals surface area contributed by atoms with Gasteiger partial charge >= 0.3 is 5.97 Å². The lowest BCUT2D eigenvalue weighted by Crippen LogP contribution is -2.11. The number of carboxylic acid groups (broad SMARTS) is 1. The van der Waals surface area contributed by atoms with E-state index in [1.807, 2.05) is 6.92 Å². The van der Waals surface area contributed by atoms with Gasteiger partial charge in [-0.3, -0.25) is 4.79 Å². The minimum Gasteiger partial charge on any atom is -0.493 e. The molecule has 3 aromatic carbocycles. The van der Waals surface area contributed by atoms with Crippen molar-refractivity contribution in [3.8, 4) is 28.6 Å². The van der Waals surface area contributed by atoms with E-state index in [4.69, 9.17) is 35.3 Å². The smallest absolute Gasteiger partial charge is 0.335 e. The number of ether oxygens (including phenoxy) is 3. The summed E-state index contributed by atoms with van der Waals surface area (Å²) in [6.07, 6.45) is 0. The monoisotopic (exact) mass is 480 g/mol. The van der Waals surface area contributed by atoms with E-state index in [0.717, 1.165) is 5.56 Å². The first kappa shape index (κ1) is 23.2. The van der Waals surface area contributed by atoms with E-state index < -0.39 is 5.97 Å². The van der Waals surface area contributed by atoms with Crippen LogP contribution in [0.4, 0.5) is 0 Å². The van der Waals surface area contributed by atoms with Crippen LogP contribution in [-0.4, -0.2) is 25.3 Å². The van der Waals surface area contributed by atoms with Gasteiger partial charge in [0.1, 0.15) is 12.2 Å². The Kier molecular flexibility index (Phi) is 6.47. The predicted octanol–water partition coefficient (Wildman–Crippen LogP) is 5.72. The second kappa shape index (κ2) is 9.49. The van der Waals surface area contributed by atoms with E-state index in [-0.39, 0.29) is 34.5 Å². The number of hydrogen-bond acceptors (Lipinski definition) is 6. The van der Waals surface area contributed by atoms with Crippen molar-refractivity contribution < 1.29 is 28.5 Å². The van der Waals surface area contributed by atoms with Crippen LogP contribution in [0.3, 0.4) is 0 Å². The molecule has 0 saturated heterocycles. The first-order valence-electron chi connectivity index (χ1n) is 10.3. The van der Waals surface area contributed by atoms with Gasteiger partial charge in [-0.15, -0.1) is 0 Å². The SMILES string of the molecule is COc1ccc(-c2oc3cc(C)c(Cl)cc3c(=O)c2OCc2ccc(C(=O)O)cc2)cc1OC. The zero-order valence-corrected chi connectivity index (χ0v) is 19.4. The average molecular weight is 481 g/mol. The van der Waals surface area contributed by atoms with E-state index in [2.05, 4.69) is 0 Å². The van der Waals surface area contributed by atoms with Crippen LogP contribution in [0.1, 0.15) is 21.5 Å². The van der Waals surface area contributed by atoms with Gasteiger partial charge in [-0.05, 0) is 60.5 Å². The number of aromatic carboxylic acids is 1. The summed E-state index contributed by atoms with van der Waals surface area (Å²) in [7, 11) is 3.05. The van der Waals surface area contributed by atoms with E-state index in [9.17, 15) is 9.59 Å². The van der Waals surface area contributed by atoms with Gasteiger partial charge in [0.25, 0.3) is 0 Å². The molecule has 0 unspecified atom stereocenters. The van der Waals surface area contributed by atoms with Crippen LogP contribution < -0.4 is 19.6 Å². The third-order valence-electron chi connectivity index (χ3n) is 5.36. The molecule has 8 heteroatoms. The summed E-state index contributed by atoms with van der Waals surface area (Å²) in [5.41, 5.74) is 2.16. The topological polar surface area (TPSA) is 95.2 Å². The zero-order valence-electron chi connectivity index (χ0n) is 18.7. The number of fused-ring (bicyclic) bond motifs is 1. The number of halogens is 1. The number of rotatable bonds is 7. The minimum atomic E-state index is -1.02. The minimum absolute atomic E-state index is 0.00181. The Hall–Kier alpha value is -3.97. The molecule has 0 bridgehead atoms. The predicted molar refractivity (Wildman–Crippen MR) is 129 cm³/mol. The van der Waals surface area contributed by atoms with E-state index in [1.54, 1.807) is 42.5 Å². The molecule has 0 amide bonds. The normalized spacial score (nSPS) is 10.8. The van der Waals surface area contributed by atoms with Gasteiger partial charge in [0.2, 0.25) is 11.2 Å². The molecule has 0 spiro atoms. The highest BCUT2D eigenvalue weighted by molar-refractivity contribution is 6.32. The highest BCUT2D eigenvalue weighted by Gasteiger charge is 2.20. The van der Waals surface area contributed by atoms with E-state index >= 15 is 0 Å². The van der Waals surface area contributed by atoms with Crippen LogP contribution in [-0.2, 0) is 6.61 Å². The Labute approximate surface area is 200 Å². The van der Waals surface area contributed by atoms with Crippen molar-refractivity contribution in [3.63, 3.8) is 0 Å². The standard InChI is InChI=1S/C26H21ClO7/c1-14-10-21-18(12-19(14)27)23(28)25(33-13-15-4-6-16(7-5-15)26(29)30)24(34-21)17-8-9-20(31-2)22(11-17)32-3/h4-12H,13H2,1-3H3,(H,29,30). The molecule has 7 nitrogen and oxygen atoms in total. The molecule has 0 atom stereocenters. The second-order valence-electron chi connectivity index (χ2n) is 7.55. The Morgan fingerprint density at radius 1 is 1.00 bits per heavy atom. The zero-order chi connectivity index (χ0) is 24.4. The van der Waals surface area contributed by atoms with Crippen molar-refractivity contribution >= 4 is 28.5 Å². The molecule has 4 rings (SSSR count). The third-order valence-corrected chi connectivity index (χ3v) is 5.77. The fraction of sp³-hybridized carbons (Fsp3) is 0.154. The lowest BCUT2D eigenvalue weighted by molar-refractivity contribution is 0.0697. The Balaban J connectivity index is 1.84. The molecule has 0 fully saturated rings. The first-order valence-corrected chi connectivity index (χ1v) is 10.6. The fourth-order valence-electron chi connectivity index (χ4n) is 3.50. The van der Waals surface area contributed by atoms with Gasteiger partial charge < -0.3 is 23.7 Å². The third kappa shape index (κ3) is 4.43. The second-order valence-corrected chi connectivity index (χ2v) is 7.95. The van der Waals surface area contributed by atoms with E-state index in [0.29, 0.717) is 33.2 Å². The Bertz CT molecular complexity index is 1440. The molecule has 0 radical (unpaired) electrons. The van der Waals surface area contributed by atoms with Crippen molar-refractivity contribution in [1.82, 2.24) is 0 Å². The summed E-state index contributed by atoms with van der Waals surface area (Å²) >= 11 is 6.26. The number of aryl methyl sites for hydroxylation is 1. The molecule has 1 heterocycles. The molecular formula is C26H21ClO7. The van der Waals surface area contributed by atoms with Crippen molar-refractivity contribution in [2.75, 3.05) is 14.2 Å². The van der Waals surface area contributed by atoms with Crippen molar-refractivity contribution in [2.24, 2.45) is 0 Å². The Morgan fingerprint density at radius 2 is 1.71 bits per heavy atom. The van der Waals surface area contributed by atoms with Crippen LogP contribution in [0.2, 0.25) is 5.02 Å². The highest BCUT2D eigenvalue weighted by atomic mass is 35.5. The maximum atomic E-state index is 13.5. The summed E-state index contributed by atoms with van der Waals surface area (Å²) in [4.78, 5) is 24.5. The molecule has 34 heavy (non-hydrogen) atoms. The molecule has 1 N–H and O–H groups in total. The lowest BCUT2D eigenvalue weighted by atomic mass is 10.1. The summed E-state index contributed by atoms with van der Waals surface area (Å²) in [6.45, 7) is 1.85. The molecule has 0 aliphatic carbocycles. The first-order chi connectivity index (χ1) is 16.3. The van der Waals surface area contributed by atoms with Crippen LogP contribution in [0.15, 0.2) is 63.8 Å². The van der Waals surface area contributed by atoms with Crippen LogP contribution in [0.5, 0.6) is 17.2 Å². The number of carboxylic acids is 1. The molecule has 1 aromatic heterocycles. The quantitative estimate of drug-likeness (QED) is 0.361. The maximum Gasteiger partial charge on any atom is 0.335 e. The summed E-state index contributed by atoms with van der Waals surface area (Å²) in [6, 6.07) is 14.6. The van der Waals surface area contributed by atoms with Crippen LogP contribution in [0, 0.1) is 6.92 Å². The molecule has 0 aliphatic rings. The molecule has 4 aromatic rings. The van der Waals surface area contributed by atoms with Gasteiger partial charge in [0, 0.05) is 10.6 Å². The molecular weight excluding hydrogens is 460 g/mol. The number of carbonyl (C=O) groups is 1. The fourth-order valence-corrected chi connectivity index (χ4v) is 3.66. The lowest BCUT2D eigenvalue weighted by Gasteiger charge is -2.14. The average Bonchev–Trinajstić information content (AvgIpc) is 2.84. The van der Waals surface area contributed by atoms with Crippen molar-refractivity contribution in [2.45, 2.75) is 13.5 Å². The van der Waals surface area contributed by atoms with Crippen LogP contribution >= 0.6 is 11.6 Å². The molecule has 174 valence electrons. The van der Waals surface area contributed by atoms with Crippen molar-refractivity contribution in [1.29, 1.82) is 0 Å². The van der Waals surface area contributed by atoms with Gasteiger partial charge in [-0.25, -0.2) is 4.79 Å². The van der Waals surface area contributed by atoms with Gasteiger partial charge in [0.05, 0.1) is 25.2 Å².